The molecule has 14 heteroatoms. The highest BCUT2D eigenvalue weighted by molar-refractivity contribution is 7.84. The zero-order valence-electron chi connectivity index (χ0n) is 18.2. The van der Waals surface area contributed by atoms with E-state index in [0.717, 1.165) is 5.56 Å². The molecule has 4 rings (SSSR count). The number of nitrogens with one attached hydrogen (secondary N) is 1. The van der Waals surface area contributed by atoms with Crippen molar-refractivity contribution in [3.8, 4) is 0 Å². The van der Waals surface area contributed by atoms with Crippen LogP contribution in [0.2, 0.25) is 10.0 Å². The Balaban J connectivity index is 1.46. The van der Waals surface area contributed by atoms with E-state index < -0.39 is 28.1 Å². The number of carbonyl (C=O) groups excluding carboxylic acids is 1. The van der Waals surface area contributed by atoms with Gasteiger partial charge < -0.3 is 10.4 Å². The molecule has 0 spiro atoms. The van der Waals surface area contributed by atoms with Crippen molar-refractivity contribution in [3.63, 3.8) is 0 Å². The third-order valence-corrected chi connectivity index (χ3v) is 6.68. The molecule has 4 N–H and O–H groups in total. The predicted molar refractivity (Wildman–Crippen MR) is 128 cm³/mol. The van der Waals surface area contributed by atoms with Crippen LogP contribution in [0.3, 0.4) is 0 Å². The van der Waals surface area contributed by atoms with Gasteiger partial charge in [-0.1, -0.05) is 23.2 Å². The lowest BCUT2D eigenvalue weighted by molar-refractivity contribution is 0.101. The third-order valence-electron chi connectivity index (χ3n) is 5.61. The van der Waals surface area contributed by atoms with Gasteiger partial charge in [0.05, 0.1) is 24.8 Å². The Hall–Kier alpha value is -2.61. The van der Waals surface area contributed by atoms with E-state index >= 15 is 0 Å². The number of nitrogens with two attached hydrogens (primary N) is 1. The third kappa shape index (κ3) is 6.54. The molecule has 0 aliphatic heterocycles. The fourth-order valence-electron chi connectivity index (χ4n) is 3.93. The van der Waals surface area contributed by atoms with Gasteiger partial charge in [-0.2, -0.15) is 13.5 Å². The second-order valence-corrected chi connectivity index (χ2v) is 10.2. The molecule has 11 nitrogen and oxygen atoms in total. The van der Waals surface area contributed by atoms with Gasteiger partial charge in [-0.3, -0.25) is 13.7 Å². The van der Waals surface area contributed by atoms with Crippen molar-refractivity contribution in [1.82, 2.24) is 19.7 Å². The summed E-state index contributed by atoms with van der Waals surface area (Å²) in [5, 5.41) is 23.7. The smallest absolute Gasteiger partial charge is 0.333 e. The molecule has 1 fully saturated rings. The molecule has 35 heavy (non-hydrogen) atoms. The number of carbonyl (C=O) groups is 1. The standard InChI is InChI=1S/C21H22Cl2N6O5S/c22-14-1-2-17(23)12(5-14)9-29-4-3-18(28-29)20(31)16-8-25-11-26-21(16)27-15-6-13(19(30)7-15)10-34-35(24,32)33/h1-5,8,11,13,15,19,30H,6-7,9-10H2,(H2,24,32,33)(H,25,26,27)/t13-,15-,19+/m1/s1. The predicted octanol–water partition coefficient (Wildman–Crippen LogP) is 2.03. The molecule has 2 heterocycles. The molecule has 1 aromatic carbocycles. The van der Waals surface area contributed by atoms with Crippen molar-refractivity contribution in [3.05, 3.63) is 69.9 Å². The zero-order chi connectivity index (χ0) is 25.2. The maximum atomic E-state index is 13.2. The van der Waals surface area contributed by atoms with Gasteiger partial charge in [-0.15, -0.1) is 0 Å². The Morgan fingerprint density at radius 1 is 1.29 bits per heavy atom. The summed E-state index contributed by atoms with van der Waals surface area (Å²) in [6.45, 7) is 0.0901. The van der Waals surface area contributed by atoms with Crippen molar-refractivity contribution in [1.29, 1.82) is 0 Å². The quantitative estimate of drug-likeness (QED) is 0.344. The van der Waals surface area contributed by atoms with Crippen LogP contribution in [0.15, 0.2) is 43.0 Å². The first-order valence-corrected chi connectivity index (χ1v) is 12.8. The molecule has 2 aromatic heterocycles. The number of ketones is 1. The van der Waals surface area contributed by atoms with E-state index in [1.54, 1.807) is 35.1 Å². The fourth-order valence-corrected chi connectivity index (χ4v) is 4.67. The first-order chi connectivity index (χ1) is 16.6. The lowest BCUT2D eigenvalue weighted by Crippen LogP contribution is -2.24. The summed E-state index contributed by atoms with van der Waals surface area (Å²) in [6, 6.07) is 6.42. The molecular weight excluding hydrogens is 519 g/mol. The van der Waals surface area contributed by atoms with E-state index in [1.165, 1.54) is 12.5 Å². The number of nitrogens with zero attached hydrogens (tertiary/aromatic N) is 4. The highest BCUT2D eigenvalue weighted by Crippen LogP contribution is 2.30. The second-order valence-electron chi connectivity index (χ2n) is 8.17. The average molecular weight is 541 g/mol. The van der Waals surface area contributed by atoms with Crippen LogP contribution >= 0.6 is 23.2 Å². The van der Waals surface area contributed by atoms with Gasteiger partial charge in [-0.05, 0) is 42.7 Å². The van der Waals surface area contributed by atoms with Gasteiger partial charge in [0.2, 0.25) is 5.78 Å². The zero-order valence-corrected chi connectivity index (χ0v) is 20.5. The van der Waals surface area contributed by atoms with E-state index in [2.05, 4.69) is 24.6 Å². The van der Waals surface area contributed by atoms with Crippen LogP contribution in [0.4, 0.5) is 5.82 Å². The van der Waals surface area contributed by atoms with Crippen molar-refractivity contribution < 1.29 is 22.5 Å². The molecule has 186 valence electrons. The van der Waals surface area contributed by atoms with Gasteiger partial charge >= 0.3 is 10.3 Å². The highest BCUT2D eigenvalue weighted by atomic mass is 35.5. The van der Waals surface area contributed by atoms with Crippen molar-refractivity contribution in [2.24, 2.45) is 11.1 Å². The van der Waals surface area contributed by atoms with E-state index in [9.17, 15) is 18.3 Å². The van der Waals surface area contributed by atoms with Gasteiger partial charge in [0, 0.05) is 34.4 Å². The van der Waals surface area contributed by atoms with Crippen molar-refractivity contribution in [2.75, 3.05) is 11.9 Å². The summed E-state index contributed by atoms with van der Waals surface area (Å²) in [5.74, 6) is -0.555. The maximum Gasteiger partial charge on any atom is 0.333 e. The minimum atomic E-state index is -4.10. The maximum absolute atomic E-state index is 13.2. The Morgan fingerprint density at radius 3 is 2.86 bits per heavy atom. The van der Waals surface area contributed by atoms with Gasteiger partial charge in [0.1, 0.15) is 17.8 Å². The molecule has 0 saturated heterocycles. The number of anilines is 1. The first-order valence-electron chi connectivity index (χ1n) is 10.5. The van der Waals surface area contributed by atoms with Crippen LogP contribution in [0.1, 0.15) is 34.5 Å². The lowest BCUT2D eigenvalue weighted by atomic mass is 10.1. The molecule has 1 saturated carbocycles. The monoisotopic (exact) mass is 540 g/mol. The first kappa shape index (κ1) is 25.5. The van der Waals surface area contributed by atoms with E-state index in [-0.39, 0.29) is 29.7 Å². The number of halogens is 2. The topological polar surface area (TPSA) is 162 Å². The summed E-state index contributed by atoms with van der Waals surface area (Å²) < 4.78 is 28.3. The minimum absolute atomic E-state index is 0.187. The Labute approximate surface area is 211 Å². The summed E-state index contributed by atoms with van der Waals surface area (Å²) in [5.41, 5.74) is 1.15. The van der Waals surface area contributed by atoms with Crippen LogP contribution in [0, 0.1) is 5.92 Å². The normalized spacial score (nSPS) is 20.2. The van der Waals surface area contributed by atoms with Crippen LogP contribution in [-0.4, -0.2) is 57.8 Å². The lowest BCUT2D eigenvalue weighted by Gasteiger charge is -2.15. The molecule has 1 aliphatic carbocycles. The summed E-state index contributed by atoms with van der Waals surface area (Å²) in [7, 11) is -4.10. The van der Waals surface area contributed by atoms with E-state index in [4.69, 9.17) is 28.3 Å². The molecule has 0 unspecified atom stereocenters. The van der Waals surface area contributed by atoms with Crippen LogP contribution < -0.4 is 10.5 Å². The van der Waals surface area contributed by atoms with Gasteiger partial charge in [0.15, 0.2) is 0 Å². The molecule has 1 aliphatic rings. The summed E-state index contributed by atoms with van der Waals surface area (Å²) in [6.07, 6.45) is 4.24. The molecular formula is C21H22Cl2N6O5S. The molecule has 3 aromatic rings. The number of aliphatic hydroxyl groups excluding tert-OH is 1. The number of aliphatic hydroxyl groups is 1. The fraction of sp³-hybridized carbons (Fsp3) is 0.333. The van der Waals surface area contributed by atoms with Crippen molar-refractivity contribution >= 4 is 45.1 Å². The van der Waals surface area contributed by atoms with Crippen molar-refractivity contribution in [2.45, 2.75) is 31.5 Å². The Morgan fingerprint density at radius 2 is 2.09 bits per heavy atom. The Bertz CT molecular complexity index is 1340. The van der Waals surface area contributed by atoms with Crippen LogP contribution in [0.5, 0.6) is 0 Å². The summed E-state index contributed by atoms with van der Waals surface area (Å²) in [4.78, 5) is 21.3. The molecule has 3 atom stereocenters. The minimum Gasteiger partial charge on any atom is -0.393 e. The van der Waals surface area contributed by atoms with Gasteiger partial charge in [-0.25, -0.2) is 15.1 Å². The summed E-state index contributed by atoms with van der Waals surface area (Å²) >= 11 is 12.3. The Kier molecular flexibility index (Phi) is 7.69. The van der Waals surface area contributed by atoms with Gasteiger partial charge in [0.25, 0.3) is 0 Å². The molecule has 0 bridgehead atoms. The molecule has 0 amide bonds. The number of benzene rings is 1. The largest absolute Gasteiger partial charge is 0.393 e. The van der Waals surface area contributed by atoms with E-state index in [1.807, 2.05) is 0 Å². The highest BCUT2D eigenvalue weighted by Gasteiger charge is 2.34. The second kappa shape index (κ2) is 10.6. The average Bonchev–Trinajstić information content (AvgIpc) is 3.40. The number of hydrogen-bond donors (Lipinski definition) is 3. The SMILES string of the molecule is NS(=O)(=O)OC[C@H]1C[C@@H](Nc2ncncc2C(=O)c2ccn(Cc3cc(Cl)ccc3Cl)n2)C[C@@H]1O. The number of rotatable bonds is 9. The van der Waals surface area contributed by atoms with E-state index in [0.29, 0.717) is 29.4 Å². The van der Waals surface area contributed by atoms with Crippen LogP contribution in [-0.2, 0) is 21.0 Å². The van der Waals surface area contributed by atoms with Crippen LogP contribution in [0.25, 0.3) is 0 Å². The number of aromatic nitrogens is 4. The molecule has 0 radical (unpaired) electrons. The number of hydrogen-bond acceptors (Lipinski definition) is 9.